The standard InChI is InChI=1S/C15H26N2O2S/c1-11-9-13(15(3,4)5)10-12(2)14(11)20(18,19)17-8-6-7-16/h9-10,17H,6-8,16H2,1-5H3. The SMILES string of the molecule is Cc1cc(C(C)(C)C)cc(C)c1S(=O)(=O)NCCCN. The molecule has 0 fully saturated rings. The molecule has 5 heteroatoms. The van der Waals surface area contributed by atoms with Crippen LogP contribution in [0.1, 0.15) is 43.9 Å². The zero-order chi connectivity index (χ0) is 15.6. The molecule has 0 atom stereocenters. The molecule has 0 spiro atoms. The maximum atomic E-state index is 12.4. The summed E-state index contributed by atoms with van der Waals surface area (Å²) < 4.78 is 27.3. The highest BCUT2D eigenvalue weighted by Gasteiger charge is 2.22. The molecular weight excluding hydrogens is 272 g/mol. The van der Waals surface area contributed by atoms with Gasteiger partial charge in [-0.2, -0.15) is 0 Å². The summed E-state index contributed by atoms with van der Waals surface area (Å²) in [5.74, 6) is 0. The van der Waals surface area contributed by atoms with Gasteiger partial charge in [0, 0.05) is 6.54 Å². The van der Waals surface area contributed by atoms with Crippen molar-refractivity contribution in [1.82, 2.24) is 4.72 Å². The molecule has 0 radical (unpaired) electrons. The zero-order valence-corrected chi connectivity index (χ0v) is 13.9. The Morgan fingerprint density at radius 1 is 1.15 bits per heavy atom. The highest BCUT2D eigenvalue weighted by atomic mass is 32.2. The largest absolute Gasteiger partial charge is 0.330 e. The van der Waals surface area contributed by atoms with Crippen LogP contribution in [0.5, 0.6) is 0 Å². The number of hydrogen-bond donors (Lipinski definition) is 2. The Morgan fingerprint density at radius 3 is 2.05 bits per heavy atom. The Balaban J connectivity index is 3.20. The first kappa shape index (κ1) is 17.1. The number of nitrogens with one attached hydrogen (secondary N) is 1. The predicted octanol–water partition coefficient (Wildman–Crippen LogP) is 2.23. The van der Waals surface area contributed by atoms with E-state index in [4.69, 9.17) is 5.73 Å². The van der Waals surface area contributed by atoms with Gasteiger partial charge in [-0.05, 0) is 48.9 Å². The molecule has 0 heterocycles. The lowest BCUT2D eigenvalue weighted by Gasteiger charge is -2.22. The number of aryl methyl sites for hydroxylation is 2. The van der Waals surface area contributed by atoms with E-state index in [9.17, 15) is 8.42 Å². The van der Waals surface area contributed by atoms with E-state index >= 15 is 0 Å². The lowest BCUT2D eigenvalue weighted by Crippen LogP contribution is -2.28. The van der Waals surface area contributed by atoms with Gasteiger partial charge in [0.25, 0.3) is 0 Å². The van der Waals surface area contributed by atoms with Gasteiger partial charge in [-0.1, -0.05) is 32.9 Å². The van der Waals surface area contributed by atoms with E-state index < -0.39 is 10.0 Å². The van der Waals surface area contributed by atoms with Crippen LogP contribution in [0.4, 0.5) is 0 Å². The van der Waals surface area contributed by atoms with Gasteiger partial charge >= 0.3 is 0 Å². The third kappa shape index (κ3) is 4.04. The molecule has 0 aliphatic heterocycles. The average molecular weight is 298 g/mol. The molecule has 1 rings (SSSR count). The van der Waals surface area contributed by atoms with Crippen molar-refractivity contribution in [2.45, 2.75) is 51.3 Å². The van der Waals surface area contributed by atoms with Crippen LogP contribution < -0.4 is 10.5 Å². The Bertz CT molecular complexity index is 549. The van der Waals surface area contributed by atoms with E-state index in [1.165, 1.54) is 0 Å². The molecule has 0 aliphatic rings. The fourth-order valence-electron chi connectivity index (χ4n) is 2.19. The van der Waals surface area contributed by atoms with Crippen molar-refractivity contribution in [2.75, 3.05) is 13.1 Å². The van der Waals surface area contributed by atoms with Crippen molar-refractivity contribution in [2.24, 2.45) is 5.73 Å². The maximum Gasteiger partial charge on any atom is 0.241 e. The smallest absolute Gasteiger partial charge is 0.241 e. The monoisotopic (exact) mass is 298 g/mol. The molecule has 0 bridgehead atoms. The van der Waals surface area contributed by atoms with Crippen LogP contribution in [0, 0.1) is 13.8 Å². The summed E-state index contributed by atoms with van der Waals surface area (Å²) >= 11 is 0. The van der Waals surface area contributed by atoms with Crippen molar-refractivity contribution in [1.29, 1.82) is 0 Å². The molecule has 4 nitrogen and oxygen atoms in total. The minimum absolute atomic E-state index is 0.00475. The van der Waals surface area contributed by atoms with Gasteiger partial charge in [0.05, 0.1) is 4.90 Å². The molecule has 1 aromatic carbocycles. The second kappa shape index (κ2) is 6.24. The molecule has 0 amide bonds. The van der Waals surface area contributed by atoms with Gasteiger partial charge in [-0.15, -0.1) is 0 Å². The fourth-order valence-corrected chi connectivity index (χ4v) is 3.71. The van der Waals surface area contributed by atoms with E-state index in [-0.39, 0.29) is 5.41 Å². The van der Waals surface area contributed by atoms with E-state index in [1.54, 1.807) is 0 Å². The van der Waals surface area contributed by atoms with Crippen molar-refractivity contribution in [3.63, 3.8) is 0 Å². The number of benzene rings is 1. The highest BCUT2D eigenvalue weighted by molar-refractivity contribution is 7.89. The minimum atomic E-state index is -3.46. The summed E-state index contributed by atoms with van der Waals surface area (Å²) in [7, 11) is -3.46. The zero-order valence-electron chi connectivity index (χ0n) is 13.1. The molecule has 114 valence electrons. The van der Waals surface area contributed by atoms with Crippen LogP contribution >= 0.6 is 0 Å². The number of rotatable bonds is 5. The topological polar surface area (TPSA) is 72.2 Å². The van der Waals surface area contributed by atoms with Crippen LogP contribution in [0.3, 0.4) is 0 Å². The molecule has 1 aromatic rings. The van der Waals surface area contributed by atoms with Crippen LogP contribution in [0.15, 0.2) is 17.0 Å². The quantitative estimate of drug-likeness (QED) is 0.819. The van der Waals surface area contributed by atoms with E-state index in [1.807, 2.05) is 26.0 Å². The summed E-state index contributed by atoms with van der Waals surface area (Å²) in [6, 6.07) is 3.93. The summed E-state index contributed by atoms with van der Waals surface area (Å²) in [5, 5.41) is 0. The summed E-state index contributed by atoms with van der Waals surface area (Å²) in [5.41, 5.74) is 8.12. The minimum Gasteiger partial charge on any atom is -0.330 e. The third-order valence-corrected chi connectivity index (χ3v) is 5.03. The normalized spacial score (nSPS) is 12.7. The number of nitrogens with two attached hydrogens (primary N) is 1. The van der Waals surface area contributed by atoms with Gasteiger partial charge < -0.3 is 5.73 Å². The molecule has 0 aromatic heterocycles. The summed E-state index contributed by atoms with van der Waals surface area (Å²) in [6.45, 7) is 10.9. The second-order valence-corrected chi connectivity index (χ2v) is 7.93. The van der Waals surface area contributed by atoms with Gasteiger partial charge in [-0.25, -0.2) is 13.1 Å². The van der Waals surface area contributed by atoms with Crippen LogP contribution in [-0.4, -0.2) is 21.5 Å². The third-order valence-electron chi connectivity index (χ3n) is 3.27. The van der Waals surface area contributed by atoms with Gasteiger partial charge in [0.1, 0.15) is 0 Å². The van der Waals surface area contributed by atoms with Crippen molar-refractivity contribution >= 4 is 10.0 Å². The molecule has 0 saturated heterocycles. The fraction of sp³-hybridized carbons (Fsp3) is 0.600. The number of sulfonamides is 1. The molecule has 20 heavy (non-hydrogen) atoms. The van der Waals surface area contributed by atoms with Gasteiger partial charge in [-0.3, -0.25) is 0 Å². The van der Waals surface area contributed by atoms with E-state index in [0.717, 1.165) is 16.7 Å². The van der Waals surface area contributed by atoms with Crippen LogP contribution in [0.25, 0.3) is 0 Å². The lowest BCUT2D eigenvalue weighted by atomic mass is 9.85. The summed E-state index contributed by atoms with van der Waals surface area (Å²) in [6.07, 6.45) is 0.636. The van der Waals surface area contributed by atoms with Gasteiger partial charge in [0.2, 0.25) is 10.0 Å². The molecular formula is C15H26N2O2S. The average Bonchev–Trinajstić information content (AvgIpc) is 2.26. The van der Waals surface area contributed by atoms with Crippen molar-refractivity contribution < 1.29 is 8.42 Å². The Hall–Kier alpha value is -0.910. The first-order valence-electron chi connectivity index (χ1n) is 6.91. The Kier molecular flexibility index (Phi) is 5.35. The molecule has 0 unspecified atom stereocenters. The number of hydrogen-bond acceptors (Lipinski definition) is 3. The first-order chi connectivity index (χ1) is 9.09. The first-order valence-corrected chi connectivity index (χ1v) is 8.39. The molecule has 3 N–H and O–H groups in total. The lowest BCUT2D eigenvalue weighted by molar-refractivity contribution is 0.574. The van der Waals surface area contributed by atoms with Crippen LogP contribution in [0.2, 0.25) is 0 Å². The van der Waals surface area contributed by atoms with E-state index in [2.05, 4.69) is 25.5 Å². The molecule has 0 saturated carbocycles. The van der Waals surface area contributed by atoms with E-state index in [0.29, 0.717) is 24.4 Å². The summed E-state index contributed by atoms with van der Waals surface area (Å²) in [4.78, 5) is 0.391. The van der Waals surface area contributed by atoms with Gasteiger partial charge in [0.15, 0.2) is 0 Å². The van der Waals surface area contributed by atoms with Crippen LogP contribution in [-0.2, 0) is 15.4 Å². The maximum absolute atomic E-state index is 12.4. The predicted molar refractivity (Wildman–Crippen MR) is 83.5 cm³/mol. The molecule has 0 aliphatic carbocycles. The Morgan fingerprint density at radius 2 is 1.65 bits per heavy atom. The Labute approximate surface area is 122 Å². The van der Waals surface area contributed by atoms with Crippen molar-refractivity contribution in [3.8, 4) is 0 Å². The van der Waals surface area contributed by atoms with Crippen molar-refractivity contribution in [3.05, 3.63) is 28.8 Å². The second-order valence-electron chi connectivity index (χ2n) is 6.23. The highest BCUT2D eigenvalue weighted by Crippen LogP contribution is 2.28.